The van der Waals surface area contributed by atoms with E-state index < -0.39 is 0 Å². The molecule has 0 aliphatic heterocycles. The molecule has 0 radical (unpaired) electrons. The van der Waals surface area contributed by atoms with Crippen LogP contribution in [0.15, 0.2) is 0 Å². The molecule has 0 spiro atoms. The number of thioether (sulfide) groups is 4. The lowest BCUT2D eigenvalue weighted by Gasteiger charge is -1.98. The zero-order chi connectivity index (χ0) is 8.36. The van der Waals surface area contributed by atoms with E-state index >= 15 is 0 Å². The molecule has 0 aromatic rings. The quantitative estimate of drug-likeness (QED) is 0.304. The minimum Gasteiger partial charge on any atom is -0.154 e. The van der Waals surface area contributed by atoms with Crippen LogP contribution >= 0.6 is 69.5 Å². The number of rotatable bonds is 8. The van der Waals surface area contributed by atoms with E-state index in [2.05, 4.69) is 17.9 Å². The van der Waals surface area contributed by atoms with Gasteiger partial charge in [-0.1, -0.05) is 10.8 Å². The van der Waals surface area contributed by atoms with E-state index in [0.29, 0.717) is 0 Å². The molecule has 0 saturated heterocycles. The van der Waals surface area contributed by atoms with Crippen molar-refractivity contribution < 1.29 is 0 Å². The highest BCUT2D eigenvalue weighted by molar-refractivity contribution is 8.70. The van der Waals surface area contributed by atoms with Gasteiger partial charge < -0.3 is 0 Å². The van der Waals surface area contributed by atoms with Crippen molar-refractivity contribution in [2.24, 2.45) is 0 Å². The summed E-state index contributed by atoms with van der Waals surface area (Å²) in [6.45, 7) is 0. The van der Waals surface area contributed by atoms with Gasteiger partial charge in [-0.3, -0.25) is 0 Å². The average molecular weight is 265 g/mol. The average Bonchev–Trinajstić information content (AvgIpc) is 2.03. The van der Waals surface area contributed by atoms with Gasteiger partial charge in [0.25, 0.3) is 0 Å². The molecule has 0 aromatic carbocycles. The molecule has 0 N–H and O–H groups in total. The van der Waals surface area contributed by atoms with Crippen LogP contribution in [0.1, 0.15) is 0 Å². The molecule has 0 amide bonds. The number of hydrogen-bond donors (Lipinski definition) is 1. The first kappa shape index (κ1) is 13.1. The maximum absolute atomic E-state index is 4.06. The van der Waals surface area contributed by atoms with Crippen molar-refractivity contribution in [2.75, 3.05) is 26.6 Å². The topological polar surface area (TPSA) is 0 Å². The monoisotopic (exact) mass is 264 g/mol. The molecule has 0 aromatic heterocycles. The summed E-state index contributed by atoms with van der Waals surface area (Å²) in [6, 6.07) is 0. The van der Waals surface area contributed by atoms with Crippen molar-refractivity contribution in [3.05, 3.63) is 0 Å². The standard InChI is InChI=1S/C5H12S6/c1-7-2-8-3-9-4-10-5-11-6/h6H,2-5H2,1H3. The van der Waals surface area contributed by atoms with Gasteiger partial charge >= 0.3 is 0 Å². The Labute approximate surface area is 95.4 Å². The molecular weight excluding hydrogens is 252 g/mol. The maximum atomic E-state index is 4.06. The Morgan fingerprint density at radius 2 is 1.45 bits per heavy atom. The molecule has 0 saturated carbocycles. The van der Waals surface area contributed by atoms with Crippen molar-refractivity contribution in [2.45, 2.75) is 0 Å². The normalized spacial score (nSPS) is 10.4. The SMILES string of the molecule is CSCSCSCSCSS. The summed E-state index contributed by atoms with van der Waals surface area (Å²) in [7, 11) is 1.60. The highest BCUT2D eigenvalue weighted by Crippen LogP contribution is 2.22. The summed E-state index contributed by atoms with van der Waals surface area (Å²) in [5, 5.41) is 4.75. The van der Waals surface area contributed by atoms with E-state index in [1.165, 1.54) is 15.3 Å². The van der Waals surface area contributed by atoms with E-state index in [1.807, 2.05) is 47.0 Å². The van der Waals surface area contributed by atoms with Crippen LogP contribution < -0.4 is 0 Å². The fourth-order valence-electron chi connectivity index (χ4n) is 0.341. The van der Waals surface area contributed by atoms with Crippen LogP contribution in [0.2, 0.25) is 0 Å². The second-order valence-electron chi connectivity index (χ2n) is 1.50. The van der Waals surface area contributed by atoms with Gasteiger partial charge in [0.1, 0.15) is 0 Å². The fourth-order valence-corrected chi connectivity index (χ4v) is 5.57. The van der Waals surface area contributed by atoms with Gasteiger partial charge in [-0.25, -0.2) is 0 Å². The Morgan fingerprint density at radius 3 is 2.00 bits per heavy atom. The molecule has 0 rings (SSSR count). The molecule has 0 bridgehead atoms. The van der Waals surface area contributed by atoms with Gasteiger partial charge in [-0.2, -0.15) is 11.8 Å². The second kappa shape index (κ2) is 12.1. The third-order valence-electron chi connectivity index (χ3n) is 0.671. The third-order valence-corrected chi connectivity index (χ3v) is 6.98. The molecular formula is C5H12S6. The summed E-state index contributed by atoms with van der Waals surface area (Å²) in [4.78, 5) is 0. The Hall–Kier alpha value is 2.10. The molecule has 0 unspecified atom stereocenters. The molecule has 11 heavy (non-hydrogen) atoms. The summed E-state index contributed by atoms with van der Waals surface area (Å²) < 4.78 is 0. The van der Waals surface area contributed by atoms with Crippen molar-refractivity contribution in [1.82, 2.24) is 0 Å². The number of hydrogen-bond acceptors (Lipinski definition) is 6. The summed E-state index contributed by atoms with van der Waals surface area (Å²) in [6.07, 6.45) is 2.14. The molecule has 0 atom stereocenters. The Kier molecular flexibility index (Phi) is 14.4. The van der Waals surface area contributed by atoms with E-state index in [0.717, 1.165) is 5.08 Å². The molecule has 6 heteroatoms. The van der Waals surface area contributed by atoms with E-state index in [1.54, 1.807) is 10.8 Å². The van der Waals surface area contributed by atoms with E-state index in [4.69, 9.17) is 0 Å². The fraction of sp³-hybridized carbons (Fsp3) is 1.00. The predicted octanol–water partition coefficient (Wildman–Crippen LogP) is 3.96. The van der Waals surface area contributed by atoms with Gasteiger partial charge in [-0.05, 0) is 6.26 Å². The Balaban J connectivity index is 2.69. The summed E-state index contributed by atoms with van der Waals surface area (Å²) in [5.41, 5.74) is 0. The molecule has 0 heterocycles. The lowest BCUT2D eigenvalue weighted by Crippen LogP contribution is -1.75. The minimum atomic E-state index is 1.10. The molecule has 0 aliphatic rings. The first-order chi connectivity index (χ1) is 5.41. The first-order valence-electron chi connectivity index (χ1n) is 2.90. The number of thiol groups is 1. The largest absolute Gasteiger partial charge is 0.154 e. The predicted molar refractivity (Wildman–Crippen MR) is 72.3 cm³/mol. The highest BCUT2D eigenvalue weighted by atomic mass is 33.1. The van der Waals surface area contributed by atoms with Crippen LogP contribution in [0.5, 0.6) is 0 Å². The van der Waals surface area contributed by atoms with Crippen LogP contribution in [0, 0.1) is 0 Å². The first-order valence-corrected chi connectivity index (χ1v) is 9.80. The van der Waals surface area contributed by atoms with Gasteiger partial charge in [0.15, 0.2) is 0 Å². The van der Waals surface area contributed by atoms with Crippen LogP contribution in [0.4, 0.5) is 0 Å². The van der Waals surface area contributed by atoms with Crippen LogP contribution in [-0.4, -0.2) is 26.6 Å². The molecule has 68 valence electrons. The van der Waals surface area contributed by atoms with Crippen LogP contribution in [-0.2, 0) is 0 Å². The van der Waals surface area contributed by atoms with Crippen molar-refractivity contribution in [3.8, 4) is 0 Å². The van der Waals surface area contributed by atoms with Gasteiger partial charge in [0, 0.05) is 15.3 Å². The van der Waals surface area contributed by atoms with E-state index in [9.17, 15) is 0 Å². The van der Waals surface area contributed by atoms with E-state index in [-0.39, 0.29) is 0 Å². The van der Waals surface area contributed by atoms with Crippen molar-refractivity contribution in [1.29, 1.82) is 0 Å². The van der Waals surface area contributed by atoms with Crippen molar-refractivity contribution in [3.63, 3.8) is 0 Å². The minimum absolute atomic E-state index is 1.10. The maximum Gasteiger partial charge on any atom is 0.0501 e. The van der Waals surface area contributed by atoms with Crippen LogP contribution in [0.25, 0.3) is 0 Å². The molecule has 0 aliphatic carbocycles. The van der Waals surface area contributed by atoms with Gasteiger partial charge in [0.05, 0.1) is 5.08 Å². The van der Waals surface area contributed by atoms with Crippen molar-refractivity contribution >= 4 is 69.5 Å². The molecule has 0 nitrogen and oxygen atoms in total. The summed E-state index contributed by atoms with van der Waals surface area (Å²) in [5.74, 6) is 0. The smallest absolute Gasteiger partial charge is 0.0501 e. The zero-order valence-corrected chi connectivity index (χ0v) is 11.3. The highest BCUT2D eigenvalue weighted by Gasteiger charge is 1.89. The van der Waals surface area contributed by atoms with Gasteiger partial charge in [-0.15, -0.1) is 46.9 Å². The summed E-state index contributed by atoms with van der Waals surface area (Å²) >= 11 is 11.9. The Bertz CT molecular complexity index is 60.0. The second-order valence-corrected chi connectivity index (χ2v) is 8.11. The third kappa shape index (κ3) is 12.1. The lowest BCUT2D eigenvalue weighted by atomic mass is 11.8. The van der Waals surface area contributed by atoms with Gasteiger partial charge in [0.2, 0.25) is 0 Å². The molecule has 0 fully saturated rings. The zero-order valence-electron chi connectivity index (χ0n) is 6.32. The lowest BCUT2D eigenvalue weighted by molar-refractivity contribution is 2.09. The van der Waals surface area contributed by atoms with Crippen LogP contribution in [0.3, 0.4) is 0 Å². The Morgan fingerprint density at radius 1 is 0.909 bits per heavy atom.